The van der Waals surface area contributed by atoms with Crippen molar-refractivity contribution in [3.8, 4) is 0 Å². The van der Waals surface area contributed by atoms with Crippen molar-refractivity contribution in [3.63, 3.8) is 0 Å². The summed E-state index contributed by atoms with van der Waals surface area (Å²) in [5.41, 5.74) is 5.28. The lowest BCUT2D eigenvalue weighted by molar-refractivity contribution is 0.0988. The molecule has 0 aromatic heterocycles. The van der Waals surface area contributed by atoms with Gasteiger partial charge in [0.15, 0.2) is 0 Å². The molecule has 0 saturated heterocycles. The van der Waals surface area contributed by atoms with E-state index in [1.165, 1.54) is 5.56 Å². The number of nitrogens with zero attached hydrogens (tertiary/aromatic N) is 1. The number of carbonyl (C=O) groups excluding carboxylic acids is 1. The van der Waals surface area contributed by atoms with Gasteiger partial charge in [0.1, 0.15) is 0 Å². The smallest absolute Gasteiger partial charge is 0.258 e. The van der Waals surface area contributed by atoms with E-state index >= 15 is 0 Å². The van der Waals surface area contributed by atoms with Gasteiger partial charge in [0.25, 0.3) is 5.91 Å². The molecular weight excluding hydrogens is 260 g/mol. The summed E-state index contributed by atoms with van der Waals surface area (Å²) in [5, 5.41) is 3.32. The number of amides is 1. The molecule has 3 rings (SSSR count). The van der Waals surface area contributed by atoms with Gasteiger partial charge in [0.2, 0.25) is 0 Å². The zero-order valence-electron chi connectivity index (χ0n) is 12.5. The fourth-order valence-corrected chi connectivity index (χ4v) is 2.83. The highest BCUT2D eigenvalue weighted by Gasteiger charge is 2.18. The largest absolute Gasteiger partial charge is 0.384 e. The van der Waals surface area contributed by atoms with Crippen LogP contribution >= 0.6 is 0 Å². The van der Waals surface area contributed by atoms with Crippen LogP contribution in [0.5, 0.6) is 0 Å². The fourth-order valence-electron chi connectivity index (χ4n) is 2.83. The molecule has 1 aliphatic rings. The van der Waals surface area contributed by atoms with Crippen LogP contribution in [0.3, 0.4) is 0 Å². The number of hydrogen-bond acceptors (Lipinski definition) is 2. The molecule has 0 bridgehead atoms. The molecule has 21 heavy (non-hydrogen) atoms. The van der Waals surface area contributed by atoms with Gasteiger partial charge in [-0.1, -0.05) is 12.1 Å². The molecule has 0 spiro atoms. The van der Waals surface area contributed by atoms with Gasteiger partial charge in [0, 0.05) is 30.0 Å². The molecule has 0 aliphatic carbocycles. The van der Waals surface area contributed by atoms with Crippen LogP contribution in [0, 0.1) is 6.92 Å². The molecule has 1 aliphatic heterocycles. The third kappa shape index (κ3) is 2.64. The lowest BCUT2D eigenvalue weighted by Gasteiger charge is -2.22. The maximum atomic E-state index is 12.8. The van der Waals surface area contributed by atoms with Gasteiger partial charge < -0.3 is 10.2 Å². The van der Waals surface area contributed by atoms with Crippen LogP contribution in [-0.4, -0.2) is 19.0 Å². The molecule has 3 heteroatoms. The molecule has 0 radical (unpaired) electrons. The van der Waals surface area contributed by atoms with Gasteiger partial charge in [-0.05, 0) is 61.7 Å². The first kappa shape index (κ1) is 13.7. The SMILES string of the molecule is CCN(C(=O)c1ccc2c(c1)CCN2)c1cccc(C)c1. The first-order valence-corrected chi connectivity index (χ1v) is 7.44. The van der Waals surface area contributed by atoms with Crippen molar-refractivity contribution in [1.29, 1.82) is 0 Å². The molecule has 2 aromatic carbocycles. The van der Waals surface area contributed by atoms with Crippen LogP contribution < -0.4 is 10.2 Å². The Morgan fingerprint density at radius 3 is 2.86 bits per heavy atom. The van der Waals surface area contributed by atoms with E-state index in [0.29, 0.717) is 6.54 Å². The van der Waals surface area contributed by atoms with Crippen LogP contribution in [0.25, 0.3) is 0 Å². The Balaban J connectivity index is 1.92. The van der Waals surface area contributed by atoms with E-state index in [0.717, 1.165) is 35.5 Å². The summed E-state index contributed by atoms with van der Waals surface area (Å²) in [6.45, 7) is 5.68. The molecule has 1 amide bonds. The Morgan fingerprint density at radius 2 is 2.10 bits per heavy atom. The van der Waals surface area contributed by atoms with Gasteiger partial charge in [-0.15, -0.1) is 0 Å². The zero-order chi connectivity index (χ0) is 14.8. The highest BCUT2D eigenvalue weighted by Crippen LogP contribution is 2.25. The number of carbonyl (C=O) groups is 1. The molecule has 2 aromatic rings. The van der Waals surface area contributed by atoms with Gasteiger partial charge in [0.05, 0.1) is 0 Å². The Bertz CT molecular complexity index is 679. The standard InChI is InChI=1S/C18H20N2O/c1-3-20(16-6-4-5-13(2)11-16)18(21)15-7-8-17-14(12-15)9-10-19-17/h4-8,11-12,19H,3,9-10H2,1-2H3. The van der Waals surface area contributed by atoms with E-state index < -0.39 is 0 Å². The highest BCUT2D eigenvalue weighted by atomic mass is 16.2. The fraction of sp³-hybridized carbons (Fsp3) is 0.278. The third-order valence-corrected chi connectivity index (χ3v) is 3.94. The molecule has 0 unspecified atom stereocenters. The zero-order valence-corrected chi connectivity index (χ0v) is 12.5. The maximum Gasteiger partial charge on any atom is 0.258 e. The van der Waals surface area contributed by atoms with Crippen LogP contribution in [0.1, 0.15) is 28.4 Å². The minimum Gasteiger partial charge on any atom is -0.384 e. The Labute approximate surface area is 125 Å². The molecular formula is C18H20N2O. The minimum atomic E-state index is 0.0674. The van der Waals surface area contributed by atoms with Crippen molar-refractivity contribution in [1.82, 2.24) is 0 Å². The van der Waals surface area contributed by atoms with Crippen molar-refractivity contribution >= 4 is 17.3 Å². The van der Waals surface area contributed by atoms with E-state index in [9.17, 15) is 4.79 Å². The molecule has 0 saturated carbocycles. The quantitative estimate of drug-likeness (QED) is 0.931. The van der Waals surface area contributed by atoms with Gasteiger partial charge in [-0.25, -0.2) is 0 Å². The third-order valence-electron chi connectivity index (χ3n) is 3.94. The summed E-state index contributed by atoms with van der Waals surface area (Å²) in [5.74, 6) is 0.0674. The first-order valence-electron chi connectivity index (χ1n) is 7.44. The summed E-state index contributed by atoms with van der Waals surface area (Å²) < 4.78 is 0. The Morgan fingerprint density at radius 1 is 1.24 bits per heavy atom. The lowest BCUT2D eigenvalue weighted by Crippen LogP contribution is -2.30. The predicted molar refractivity (Wildman–Crippen MR) is 87.2 cm³/mol. The summed E-state index contributed by atoms with van der Waals surface area (Å²) in [6.07, 6.45) is 0.993. The number of nitrogens with one attached hydrogen (secondary N) is 1. The number of rotatable bonds is 3. The molecule has 3 nitrogen and oxygen atoms in total. The van der Waals surface area contributed by atoms with Crippen LogP contribution in [0.15, 0.2) is 42.5 Å². The lowest BCUT2D eigenvalue weighted by atomic mass is 10.1. The molecule has 0 fully saturated rings. The summed E-state index contributed by atoms with van der Waals surface area (Å²) in [4.78, 5) is 14.6. The monoisotopic (exact) mass is 280 g/mol. The number of fused-ring (bicyclic) bond motifs is 1. The van der Waals surface area contributed by atoms with Gasteiger partial charge >= 0.3 is 0 Å². The number of aryl methyl sites for hydroxylation is 1. The number of benzene rings is 2. The van der Waals surface area contributed by atoms with Crippen molar-refractivity contribution in [2.24, 2.45) is 0 Å². The van der Waals surface area contributed by atoms with E-state index in [1.807, 2.05) is 55.1 Å². The number of anilines is 2. The van der Waals surface area contributed by atoms with Crippen molar-refractivity contribution in [2.75, 3.05) is 23.3 Å². The second kappa shape index (κ2) is 5.60. The van der Waals surface area contributed by atoms with E-state index in [-0.39, 0.29) is 5.91 Å². The maximum absolute atomic E-state index is 12.8. The topological polar surface area (TPSA) is 32.3 Å². The predicted octanol–water partition coefficient (Wildman–Crippen LogP) is 3.63. The van der Waals surface area contributed by atoms with E-state index in [2.05, 4.69) is 11.4 Å². The second-order valence-corrected chi connectivity index (χ2v) is 5.44. The van der Waals surface area contributed by atoms with Crippen LogP contribution in [0.4, 0.5) is 11.4 Å². The van der Waals surface area contributed by atoms with Gasteiger partial charge in [-0.2, -0.15) is 0 Å². The summed E-state index contributed by atoms with van der Waals surface area (Å²) in [6, 6.07) is 14.0. The summed E-state index contributed by atoms with van der Waals surface area (Å²) >= 11 is 0. The van der Waals surface area contributed by atoms with E-state index in [4.69, 9.17) is 0 Å². The van der Waals surface area contributed by atoms with E-state index in [1.54, 1.807) is 0 Å². The second-order valence-electron chi connectivity index (χ2n) is 5.44. The minimum absolute atomic E-state index is 0.0674. The van der Waals surface area contributed by atoms with Crippen LogP contribution in [-0.2, 0) is 6.42 Å². The Kier molecular flexibility index (Phi) is 3.65. The van der Waals surface area contributed by atoms with Crippen molar-refractivity contribution < 1.29 is 4.79 Å². The normalized spacial score (nSPS) is 12.7. The number of hydrogen-bond donors (Lipinski definition) is 1. The molecule has 1 N–H and O–H groups in total. The molecule has 1 heterocycles. The average Bonchev–Trinajstić information content (AvgIpc) is 2.95. The highest BCUT2D eigenvalue weighted by molar-refractivity contribution is 6.06. The van der Waals surface area contributed by atoms with Crippen molar-refractivity contribution in [2.45, 2.75) is 20.3 Å². The summed E-state index contributed by atoms with van der Waals surface area (Å²) in [7, 11) is 0. The Hall–Kier alpha value is -2.29. The molecule has 0 atom stereocenters. The molecule has 108 valence electrons. The average molecular weight is 280 g/mol. The van der Waals surface area contributed by atoms with Crippen molar-refractivity contribution in [3.05, 3.63) is 59.2 Å². The first-order chi connectivity index (χ1) is 10.2. The van der Waals surface area contributed by atoms with Crippen LogP contribution in [0.2, 0.25) is 0 Å². The van der Waals surface area contributed by atoms with Gasteiger partial charge in [-0.3, -0.25) is 4.79 Å².